The van der Waals surface area contributed by atoms with Crippen molar-refractivity contribution >= 4 is 0 Å². The van der Waals surface area contributed by atoms with E-state index >= 15 is 0 Å². The van der Waals surface area contributed by atoms with E-state index in [-0.39, 0.29) is 0 Å². The van der Waals surface area contributed by atoms with E-state index in [0.29, 0.717) is 27.1 Å². The number of hydrogen-bond donors (Lipinski definition) is 0. The highest BCUT2D eigenvalue weighted by Crippen LogP contribution is 2.77. The van der Waals surface area contributed by atoms with Gasteiger partial charge in [-0.05, 0) is 128 Å². The van der Waals surface area contributed by atoms with Crippen LogP contribution in [0.3, 0.4) is 0 Å². The maximum absolute atomic E-state index is 4.43. The average Bonchev–Trinajstić information content (AvgIpc) is 2.99. The van der Waals surface area contributed by atoms with E-state index in [0.717, 1.165) is 29.6 Å². The molecule has 9 atom stereocenters. The maximum Gasteiger partial charge on any atom is -0.0175 e. The molecule has 0 aromatic heterocycles. The van der Waals surface area contributed by atoms with Gasteiger partial charge in [0, 0.05) is 0 Å². The smallest absolute Gasteiger partial charge is 0.0175 e. The van der Waals surface area contributed by atoms with Gasteiger partial charge in [-0.1, -0.05) is 60.1 Å². The number of rotatable bonds is 1. The Morgan fingerprint density at radius 1 is 0.633 bits per heavy atom. The van der Waals surface area contributed by atoms with E-state index in [2.05, 4.69) is 55.0 Å². The first kappa shape index (κ1) is 21.6. The van der Waals surface area contributed by atoms with Gasteiger partial charge in [-0.25, -0.2) is 0 Å². The molecule has 0 aliphatic heterocycles. The minimum atomic E-state index is 0.542. The van der Waals surface area contributed by atoms with Gasteiger partial charge in [-0.15, -0.1) is 0 Å². The summed E-state index contributed by atoms with van der Waals surface area (Å²) in [5.74, 6) is 4.54. The Labute approximate surface area is 188 Å². The summed E-state index contributed by atoms with van der Waals surface area (Å²) in [6.07, 6.45) is 16.3. The highest BCUT2D eigenvalue weighted by atomic mass is 14.7. The van der Waals surface area contributed by atoms with Gasteiger partial charge in [0.2, 0.25) is 0 Å². The van der Waals surface area contributed by atoms with Crippen LogP contribution < -0.4 is 0 Å². The van der Waals surface area contributed by atoms with Crippen molar-refractivity contribution in [2.24, 2.45) is 56.7 Å². The molecule has 0 aromatic carbocycles. The Balaban J connectivity index is 1.53. The third kappa shape index (κ3) is 2.46. The summed E-state index contributed by atoms with van der Waals surface area (Å²) in [4.78, 5) is 0. The normalized spacial score (nSPS) is 57.0. The van der Waals surface area contributed by atoms with Crippen LogP contribution in [0.15, 0.2) is 12.2 Å². The Morgan fingerprint density at radius 3 is 1.87 bits per heavy atom. The molecule has 5 saturated carbocycles. The maximum atomic E-state index is 4.43. The van der Waals surface area contributed by atoms with E-state index in [1.807, 2.05) is 0 Å². The van der Waals surface area contributed by atoms with Crippen molar-refractivity contribution in [3.63, 3.8) is 0 Å². The van der Waals surface area contributed by atoms with Gasteiger partial charge < -0.3 is 0 Å². The first-order chi connectivity index (χ1) is 13.9. The fourth-order valence-electron chi connectivity index (χ4n) is 11.9. The molecule has 0 radical (unpaired) electrons. The molecule has 0 nitrogen and oxygen atoms in total. The molecule has 5 aliphatic rings. The lowest BCUT2D eigenvalue weighted by Gasteiger charge is -2.73. The molecular formula is C30H50. The zero-order valence-corrected chi connectivity index (χ0v) is 21.4. The zero-order chi connectivity index (χ0) is 21.7. The fourth-order valence-corrected chi connectivity index (χ4v) is 11.9. The second kappa shape index (κ2) is 6.41. The number of hydrogen-bond acceptors (Lipinski definition) is 0. The predicted molar refractivity (Wildman–Crippen MR) is 129 cm³/mol. The predicted octanol–water partition coefficient (Wildman–Crippen LogP) is 9.05. The largest absolute Gasteiger partial charge is 0.0999 e. The molecule has 0 heterocycles. The van der Waals surface area contributed by atoms with E-state index in [1.165, 1.54) is 76.2 Å². The first-order valence-electron chi connectivity index (χ1n) is 13.6. The van der Waals surface area contributed by atoms with Crippen LogP contribution in [0, 0.1) is 56.7 Å². The van der Waals surface area contributed by atoms with E-state index < -0.39 is 0 Å². The standard InChI is InChI=1S/C30H50/c1-20(2)21-12-17-27(5)22(21)13-18-29(7)24(27)10-11-25-28(6)16-9-15-26(3,4)23(28)14-19-30(25,29)8/h21-25H,1,9-19H2,2-8H3/t21-,22?,23?,24?,25?,27+,28+,29-,30-/m1/s1. The molecule has 0 heteroatoms. The number of allylic oxidation sites excluding steroid dienone is 1. The van der Waals surface area contributed by atoms with Crippen LogP contribution in [0.5, 0.6) is 0 Å². The second-order valence-corrected chi connectivity index (χ2v) is 14.6. The molecule has 5 fully saturated rings. The summed E-state index contributed by atoms with van der Waals surface area (Å²) >= 11 is 0. The minimum absolute atomic E-state index is 0.542. The van der Waals surface area contributed by atoms with Crippen LogP contribution >= 0.6 is 0 Å². The molecule has 30 heavy (non-hydrogen) atoms. The lowest BCUT2D eigenvalue weighted by atomic mass is 9.32. The molecular weight excluding hydrogens is 360 g/mol. The fraction of sp³-hybridized carbons (Fsp3) is 0.933. The lowest BCUT2D eigenvalue weighted by Crippen LogP contribution is -2.65. The molecule has 0 spiro atoms. The van der Waals surface area contributed by atoms with E-state index in [4.69, 9.17) is 0 Å². The van der Waals surface area contributed by atoms with Crippen molar-refractivity contribution in [3.8, 4) is 0 Å². The Morgan fingerprint density at radius 2 is 1.23 bits per heavy atom. The third-order valence-electron chi connectivity index (χ3n) is 13.3. The van der Waals surface area contributed by atoms with Crippen molar-refractivity contribution in [1.29, 1.82) is 0 Å². The lowest BCUT2D eigenvalue weighted by molar-refractivity contribution is -0.240. The second-order valence-electron chi connectivity index (χ2n) is 14.6. The van der Waals surface area contributed by atoms with E-state index in [9.17, 15) is 0 Å². The molecule has 4 unspecified atom stereocenters. The molecule has 170 valence electrons. The van der Waals surface area contributed by atoms with Crippen molar-refractivity contribution in [2.75, 3.05) is 0 Å². The molecule has 5 aliphatic carbocycles. The van der Waals surface area contributed by atoms with Gasteiger partial charge in [-0.2, -0.15) is 0 Å². The first-order valence-corrected chi connectivity index (χ1v) is 13.6. The quantitative estimate of drug-likeness (QED) is 0.378. The topological polar surface area (TPSA) is 0 Å². The van der Waals surface area contributed by atoms with Crippen LogP contribution in [-0.4, -0.2) is 0 Å². The Kier molecular flexibility index (Phi) is 4.61. The summed E-state index contributed by atoms with van der Waals surface area (Å²) in [5, 5.41) is 0. The van der Waals surface area contributed by atoms with E-state index in [1.54, 1.807) is 0 Å². The highest BCUT2D eigenvalue weighted by Gasteiger charge is 2.70. The van der Waals surface area contributed by atoms with Crippen LogP contribution in [0.1, 0.15) is 119 Å². The average molecular weight is 411 g/mol. The molecule has 0 saturated heterocycles. The molecule has 0 aromatic rings. The number of fused-ring (bicyclic) bond motifs is 7. The van der Waals surface area contributed by atoms with Gasteiger partial charge in [0.15, 0.2) is 0 Å². The van der Waals surface area contributed by atoms with Gasteiger partial charge >= 0.3 is 0 Å². The summed E-state index contributed by atoms with van der Waals surface area (Å²) in [6.45, 7) is 23.0. The van der Waals surface area contributed by atoms with Gasteiger partial charge in [0.1, 0.15) is 0 Å². The van der Waals surface area contributed by atoms with Crippen molar-refractivity contribution in [2.45, 2.75) is 119 Å². The van der Waals surface area contributed by atoms with Crippen molar-refractivity contribution in [3.05, 3.63) is 12.2 Å². The molecule has 5 rings (SSSR count). The van der Waals surface area contributed by atoms with Crippen LogP contribution in [0.4, 0.5) is 0 Å². The van der Waals surface area contributed by atoms with Crippen LogP contribution in [0.2, 0.25) is 0 Å². The van der Waals surface area contributed by atoms with Crippen molar-refractivity contribution < 1.29 is 0 Å². The zero-order valence-electron chi connectivity index (χ0n) is 21.4. The summed E-state index contributed by atoms with van der Waals surface area (Å²) in [5.41, 5.74) is 4.26. The summed E-state index contributed by atoms with van der Waals surface area (Å²) < 4.78 is 0. The minimum Gasteiger partial charge on any atom is -0.0999 e. The monoisotopic (exact) mass is 410 g/mol. The molecule has 0 bridgehead atoms. The highest BCUT2D eigenvalue weighted by molar-refractivity contribution is 5.20. The molecule has 0 N–H and O–H groups in total. The SMILES string of the molecule is C=C(C)[C@H]1CC[C@@]2(C)C1CC[C@]1(C)C2CCC2[C@@]3(C)CCCC(C)(C)C3CC[C@]21C. The van der Waals surface area contributed by atoms with Crippen LogP contribution in [-0.2, 0) is 0 Å². The van der Waals surface area contributed by atoms with Crippen molar-refractivity contribution in [1.82, 2.24) is 0 Å². The third-order valence-corrected chi connectivity index (χ3v) is 13.3. The van der Waals surface area contributed by atoms with Crippen LogP contribution in [0.25, 0.3) is 0 Å². The van der Waals surface area contributed by atoms with Gasteiger partial charge in [-0.3, -0.25) is 0 Å². The van der Waals surface area contributed by atoms with Gasteiger partial charge in [0.05, 0.1) is 0 Å². The summed E-state index contributed by atoms with van der Waals surface area (Å²) in [6, 6.07) is 0. The van der Waals surface area contributed by atoms with Gasteiger partial charge in [0.25, 0.3) is 0 Å². The Hall–Kier alpha value is -0.260. The molecule has 0 amide bonds. The Bertz CT molecular complexity index is 730. The summed E-state index contributed by atoms with van der Waals surface area (Å²) in [7, 11) is 0.